The SMILES string of the molecule is CC(Oc1cc(-n2ccnc2)sc1C(=O)O)c1ccccc1Cl. The molecule has 0 bridgehead atoms. The monoisotopic (exact) mass is 348 g/mol. The number of halogens is 1. The van der Waals surface area contributed by atoms with Gasteiger partial charge in [0.05, 0.1) is 6.33 Å². The lowest BCUT2D eigenvalue weighted by Gasteiger charge is -2.15. The fraction of sp³-hybridized carbons (Fsp3) is 0.125. The Morgan fingerprint density at radius 3 is 2.87 bits per heavy atom. The van der Waals surface area contributed by atoms with Crippen LogP contribution in [0.2, 0.25) is 5.02 Å². The van der Waals surface area contributed by atoms with Gasteiger partial charge in [-0.3, -0.25) is 4.57 Å². The van der Waals surface area contributed by atoms with E-state index < -0.39 is 5.97 Å². The van der Waals surface area contributed by atoms with Gasteiger partial charge in [0, 0.05) is 29.0 Å². The van der Waals surface area contributed by atoms with Crippen molar-refractivity contribution in [1.29, 1.82) is 0 Å². The van der Waals surface area contributed by atoms with Crippen molar-refractivity contribution in [2.75, 3.05) is 0 Å². The number of thiophene rings is 1. The smallest absolute Gasteiger partial charge is 0.349 e. The lowest BCUT2D eigenvalue weighted by molar-refractivity contribution is 0.0696. The van der Waals surface area contributed by atoms with Gasteiger partial charge in [-0.2, -0.15) is 0 Å². The minimum atomic E-state index is -1.03. The third-order valence-electron chi connectivity index (χ3n) is 3.29. The average molecular weight is 349 g/mol. The molecule has 3 aromatic rings. The molecule has 5 nitrogen and oxygen atoms in total. The largest absolute Gasteiger partial charge is 0.484 e. The van der Waals surface area contributed by atoms with Crippen LogP contribution in [-0.4, -0.2) is 20.6 Å². The van der Waals surface area contributed by atoms with E-state index in [0.29, 0.717) is 10.8 Å². The quantitative estimate of drug-likeness (QED) is 0.741. The van der Waals surface area contributed by atoms with Gasteiger partial charge in [-0.15, -0.1) is 11.3 Å². The van der Waals surface area contributed by atoms with Crippen molar-refractivity contribution in [3.05, 3.63) is 64.5 Å². The predicted molar refractivity (Wildman–Crippen MR) is 88.9 cm³/mol. The van der Waals surface area contributed by atoms with Crippen molar-refractivity contribution in [3.8, 4) is 10.8 Å². The number of carboxylic acid groups (broad SMARTS) is 1. The molecule has 0 aliphatic heterocycles. The zero-order chi connectivity index (χ0) is 16.4. The van der Waals surface area contributed by atoms with Gasteiger partial charge in [-0.25, -0.2) is 9.78 Å². The van der Waals surface area contributed by atoms with Gasteiger partial charge in [0.25, 0.3) is 0 Å². The molecule has 2 heterocycles. The second kappa shape index (κ2) is 6.44. The summed E-state index contributed by atoms with van der Waals surface area (Å²) in [7, 11) is 0. The first kappa shape index (κ1) is 15.6. The van der Waals surface area contributed by atoms with E-state index in [-0.39, 0.29) is 11.0 Å². The van der Waals surface area contributed by atoms with E-state index in [1.165, 1.54) is 0 Å². The van der Waals surface area contributed by atoms with Crippen molar-refractivity contribution >= 4 is 28.9 Å². The summed E-state index contributed by atoms with van der Waals surface area (Å²) in [6, 6.07) is 9.03. The van der Waals surface area contributed by atoms with Gasteiger partial charge in [-0.1, -0.05) is 29.8 Å². The molecule has 3 rings (SSSR count). The van der Waals surface area contributed by atoms with E-state index >= 15 is 0 Å². The van der Waals surface area contributed by atoms with Crippen LogP contribution in [0.5, 0.6) is 5.75 Å². The summed E-state index contributed by atoms with van der Waals surface area (Å²) in [5, 5.41) is 10.7. The van der Waals surface area contributed by atoms with Gasteiger partial charge in [-0.05, 0) is 13.0 Å². The number of hydrogen-bond acceptors (Lipinski definition) is 4. The van der Waals surface area contributed by atoms with Gasteiger partial charge < -0.3 is 9.84 Å². The first-order chi connectivity index (χ1) is 11.1. The van der Waals surface area contributed by atoms with E-state index in [1.807, 2.05) is 25.1 Å². The molecule has 0 aliphatic rings. The highest BCUT2D eigenvalue weighted by atomic mass is 35.5. The minimum Gasteiger partial charge on any atom is -0.484 e. The lowest BCUT2D eigenvalue weighted by atomic mass is 10.1. The fourth-order valence-corrected chi connectivity index (χ4v) is 3.35. The Bertz CT molecular complexity index is 830. The Labute approximate surface area is 141 Å². The molecule has 0 saturated carbocycles. The minimum absolute atomic E-state index is 0.146. The summed E-state index contributed by atoms with van der Waals surface area (Å²) in [4.78, 5) is 15.6. The number of benzene rings is 1. The molecule has 0 saturated heterocycles. The van der Waals surface area contributed by atoms with E-state index in [1.54, 1.807) is 35.4 Å². The van der Waals surface area contributed by atoms with Crippen LogP contribution >= 0.6 is 22.9 Å². The molecule has 1 atom stereocenters. The summed E-state index contributed by atoms with van der Waals surface area (Å²) in [6.07, 6.45) is 4.62. The highest BCUT2D eigenvalue weighted by Gasteiger charge is 2.21. The highest BCUT2D eigenvalue weighted by molar-refractivity contribution is 7.16. The molecule has 118 valence electrons. The van der Waals surface area contributed by atoms with Crippen LogP contribution < -0.4 is 4.74 Å². The molecule has 0 radical (unpaired) electrons. The van der Waals surface area contributed by atoms with Gasteiger partial charge in [0.1, 0.15) is 16.9 Å². The van der Waals surface area contributed by atoms with E-state index in [2.05, 4.69) is 4.98 Å². The number of carbonyl (C=O) groups is 1. The number of rotatable bonds is 5. The molecule has 0 spiro atoms. The number of aromatic nitrogens is 2. The Morgan fingerprint density at radius 1 is 1.43 bits per heavy atom. The topological polar surface area (TPSA) is 64.4 Å². The summed E-state index contributed by atoms with van der Waals surface area (Å²) < 4.78 is 7.60. The summed E-state index contributed by atoms with van der Waals surface area (Å²) in [6.45, 7) is 1.83. The average Bonchev–Trinajstić information content (AvgIpc) is 3.16. The molecule has 0 amide bonds. The molecule has 23 heavy (non-hydrogen) atoms. The van der Waals surface area contributed by atoms with E-state index in [4.69, 9.17) is 16.3 Å². The predicted octanol–water partition coefficient (Wildman–Crippen LogP) is 4.43. The molecular formula is C16H13ClN2O3S. The van der Waals surface area contributed by atoms with Crippen molar-refractivity contribution in [2.45, 2.75) is 13.0 Å². The molecule has 1 N–H and O–H groups in total. The zero-order valence-electron chi connectivity index (χ0n) is 12.1. The van der Waals surface area contributed by atoms with Crippen LogP contribution in [0.15, 0.2) is 49.1 Å². The Hall–Kier alpha value is -2.31. The zero-order valence-corrected chi connectivity index (χ0v) is 13.7. The van der Waals surface area contributed by atoms with Crippen LogP contribution in [0.1, 0.15) is 28.3 Å². The molecule has 0 fully saturated rings. The summed E-state index contributed by atoms with van der Waals surface area (Å²) in [5.41, 5.74) is 0.806. The maximum atomic E-state index is 11.5. The number of ether oxygens (including phenoxy) is 1. The highest BCUT2D eigenvalue weighted by Crippen LogP contribution is 2.35. The van der Waals surface area contributed by atoms with Crippen LogP contribution in [0, 0.1) is 0 Å². The fourth-order valence-electron chi connectivity index (χ4n) is 2.17. The van der Waals surface area contributed by atoms with Crippen LogP contribution in [0.4, 0.5) is 0 Å². The lowest BCUT2D eigenvalue weighted by Crippen LogP contribution is -2.06. The van der Waals surface area contributed by atoms with Crippen LogP contribution in [0.3, 0.4) is 0 Å². The number of nitrogens with zero attached hydrogens (tertiary/aromatic N) is 2. The van der Waals surface area contributed by atoms with Crippen molar-refractivity contribution in [3.63, 3.8) is 0 Å². The third kappa shape index (κ3) is 3.23. The Balaban J connectivity index is 1.93. The molecular weight excluding hydrogens is 336 g/mol. The molecule has 1 unspecified atom stereocenters. The first-order valence-electron chi connectivity index (χ1n) is 6.83. The normalized spacial score (nSPS) is 12.1. The molecule has 7 heteroatoms. The van der Waals surface area contributed by atoms with E-state index in [0.717, 1.165) is 21.9 Å². The summed E-state index contributed by atoms with van der Waals surface area (Å²) >= 11 is 7.30. The second-order valence-electron chi connectivity index (χ2n) is 4.83. The maximum Gasteiger partial charge on any atom is 0.349 e. The standard InChI is InChI=1S/C16H13ClN2O3S/c1-10(11-4-2-3-5-12(11)17)22-13-8-14(19-7-6-18-9-19)23-15(13)16(20)21/h2-10H,1H3,(H,20,21). The van der Waals surface area contributed by atoms with E-state index in [9.17, 15) is 9.90 Å². The van der Waals surface area contributed by atoms with Crippen molar-refractivity contribution in [1.82, 2.24) is 9.55 Å². The number of aromatic carboxylic acids is 1. The summed E-state index contributed by atoms with van der Waals surface area (Å²) in [5.74, 6) is -0.707. The number of carboxylic acids is 1. The number of hydrogen-bond donors (Lipinski definition) is 1. The third-order valence-corrected chi connectivity index (χ3v) is 4.75. The first-order valence-corrected chi connectivity index (χ1v) is 8.02. The van der Waals surface area contributed by atoms with Gasteiger partial charge >= 0.3 is 5.97 Å². The number of imidazole rings is 1. The van der Waals surface area contributed by atoms with Gasteiger partial charge in [0.15, 0.2) is 4.88 Å². The van der Waals surface area contributed by atoms with Crippen molar-refractivity contribution in [2.24, 2.45) is 0 Å². The van der Waals surface area contributed by atoms with Crippen molar-refractivity contribution < 1.29 is 14.6 Å². The second-order valence-corrected chi connectivity index (χ2v) is 6.27. The Kier molecular flexibility index (Phi) is 4.36. The molecule has 2 aromatic heterocycles. The van der Waals surface area contributed by atoms with Crippen LogP contribution in [0.25, 0.3) is 5.00 Å². The molecule has 1 aromatic carbocycles. The maximum absolute atomic E-state index is 11.5. The van der Waals surface area contributed by atoms with Gasteiger partial charge in [0.2, 0.25) is 0 Å². The molecule has 0 aliphatic carbocycles. The van der Waals surface area contributed by atoms with Crippen LogP contribution in [-0.2, 0) is 0 Å². The Morgan fingerprint density at radius 2 is 2.22 bits per heavy atom.